The predicted octanol–water partition coefficient (Wildman–Crippen LogP) is 3.81. The first kappa shape index (κ1) is 16.3. The summed E-state index contributed by atoms with van der Waals surface area (Å²) in [6, 6.07) is 16.0. The molecule has 0 spiro atoms. The maximum Gasteiger partial charge on any atom is 0.246 e. The number of hydrogen-bond donors (Lipinski definition) is 1. The Morgan fingerprint density at radius 3 is 2.65 bits per heavy atom. The molecule has 2 aromatic carbocycles. The molecule has 1 aliphatic rings. The third-order valence-electron chi connectivity index (χ3n) is 4.58. The van der Waals surface area contributed by atoms with E-state index in [1.807, 2.05) is 41.3 Å². The molecule has 1 aliphatic heterocycles. The second kappa shape index (κ2) is 6.96. The fourth-order valence-corrected chi connectivity index (χ4v) is 3.17. The smallest absolute Gasteiger partial charge is 0.246 e. The molecule has 0 fully saturated rings. The van der Waals surface area contributed by atoms with Gasteiger partial charge in [0.1, 0.15) is 5.82 Å². The minimum absolute atomic E-state index is 0.0224. The SMILES string of the molecule is O=C(/C=C/c1ccccc1)N1CCc2[nH]nc(-c3ccc(F)cc3)c2C1. The van der Waals surface area contributed by atoms with Crippen LogP contribution in [0.25, 0.3) is 17.3 Å². The molecule has 0 saturated heterocycles. The van der Waals surface area contributed by atoms with Crippen LogP contribution in [0, 0.1) is 5.82 Å². The highest BCUT2D eigenvalue weighted by Crippen LogP contribution is 2.28. The molecule has 0 aliphatic carbocycles. The number of halogens is 1. The Morgan fingerprint density at radius 1 is 1.12 bits per heavy atom. The first-order valence-electron chi connectivity index (χ1n) is 8.55. The van der Waals surface area contributed by atoms with Crippen LogP contribution in [0.1, 0.15) is 16.8 Å². The number of nitrogens with one attached hydrogen (secondary N) is 1. The third-order valence-corrected chi connectivity index (χ3v) is 4.58. The highest BCUT2D eigenvalue weighted by atomic mass is 19.1. The van der Waals surface area contributed by atoms with Gasteiger partial charge in [0.25, 0.3) is 0 Å². The molecule has 0 bridgehead atoms. The number of carbonyl (C=O) groups excluding carboxylic acids is 1. The average Bonchev–Trinajstić information content (AvgIpc) is 3.11. The summed E-state index contributed by atoms with van der Waals surface area (Å²) in [5, 5.41) is 7.44. The predicted molar refractivity (Wildman–Crippen MR) is 98.6 cm³/mol. The summed E-state index contributed by atoms with van der Waals surface area (Å²) >= 11 is 0. The Balaban J connectivity index is 1.54. The maximum absolute atomic E-state index is 13.2. The van der Waals surface area contributed by atoms with Crippen molar-refractivity contribution < 1.29 is 9.18 Å². The van der Waals surface area contributed by atoms with Crippen LogP contribution in [-0.2, 0) is 17.8 Å². The molecule has 3 aromatic rings. The van der Waals surface area contributed by atoms with E-state index >= 15 is 0 Å². The molecular formula is C21H18FN3O. The number of amides is 1. The van der Waals surface area contributed by atoms with Crippen LogP contribution >= 0.6 is 0 Å². The van der Waals surface area contributed by atoms with Crippen LogP contribution in [0.5, 0.6) is 0 Å². The summed E-state index contributed by atoms with van der Waals surface area (Å²) in [5.41, 5.74) is 4.67. The van der Waals surface area contributed by atoms with Crippen molar-refractivity contribution in [3.8, 4) is 11.3 Å². The van der Waals surface area contributed by atoms with Gasteiger partial charge < -0.3 is 4.90 Å². The Hall–Kier alpha value is -3.21. The lowest BCUT2D eigenvalue weighted by Gasteiger charge is -2.26. The first-order valence-corrected chi connectivity index (χ1v) is 8.55. The van der Waals surface area contributed by atoms with E-state index in [1.54, 1.807) is 18.2 Å². The molecule has 0 unspecified atom stereocenters. The molecule has 2 heterocycles. The van der Waals surface area contributed by atoms with E-state index in [-0.39, 0.29) is 11.7 Å². The second-order valence-electron chi connectivity index (χ2n) is 6.29. The van der Waals surface area contributed by atoms with E-state index in [0.29, 0.717) is 13.1 Å². The number of hydrogen-bond acceptors (Lipinski definition) is 2. The van der Waals surface area contributed by atoms with Gasteiger partial charge in [0, 0.05) is 42.4 Å². The number of H-pyrrole nitrogens is 1. The quantitative estimate of drug-likeness (QED) is 0.733. The molecule has 130 valence electrons. The van der Waals surface area contributed by atoms with Gasteiger partial charge in [-0.25, -0.2) is 4.39 Å². The monoisotopic (exact) mass is 347 g/mol. The Labute approximate surface area is 151 Å². The zero-order valence-electron chi connectivity index (χ0n) is 14.2. The standard InChI is InChI=1S/C21H18FN3O/c22-17-9-7-16(8-10-17)21-18-14-25(13-12-19(18)23-24-21)20(26)11-6-15-4-2-1-3-5-15/h1-11H,12-14H2,(H,23,24)/b11-6+. The van der Waals surface area contributed by atoms with Gasteiger partial charge in [-0.3, -0.25) is 9.89 Å². The molecular weight excluding hydrogens is 329 g/mol. The van der Waals surface area contributed by atoms with Crippen molar-refractivity contribution in [2.45, 2.75) is 13.0 Å². The number of aromatic amines is 1. The summed E-state index contributed by atoms with van der Waals surface area (Å²) in [6.45, 7) is 1.15. The minimum atomic E-state index is -0.277. The summed E-state index contributed by atoms with van der Waals surface area (Å²) in [5.74, 6) is -0.299. The van der Waals surface area contributed by atoms with Gasteiger partial charge in [-0.15, -0.1) is 0 Å². The lowest BCUT2D eigenvalue weighted by Crippen LogP contribution is -2.34. The Bertz CT molecular complexity index is 945. The summed E-state index contributed by atoms with van der Waals surface area (Å²) in [7, 11) is 0. The molecule has 0 saturated carbocycles. The van der Waals surface area contributed by atoms with Crippen molar-refractivity contribution in [3.05, 3.63) is 83.3 Å². The lowest BCUT2D eigenvalue weighted by atomic mass is 10.0. The van der Waals surface area contributed by atoms with Gasteiger partial charge in [0.05, 0.1) is 5.69 Å². The summed E-state index contributed by atoms with van der Waals surface area (Å²) in [6.07, 6.45) is 4.17. The van der Waals surface area contributed by atoms with Crippen molar-refractivity contribution in [1.82, 2.24) is 15.1 Å². The largest absolute Gasteiger partial charge is 0.334 e. The zero-order valence-corrected chi connectivity index (χ0v) is 14.2. The van der Waals surface area contributed by atoms with E-state index in [4.69, 9.17) is 0 Å². The van der Waals surface area contributed by atoms with Gasteiger partial charge in [0.2, 0.25) is 5.91 Å². The van der Waals surface area contributed by atoms with Crippen molar-refractivity contribution in [1.29, 1.82) is 0 Å². The summed E-state index contributed by atoms with van der Waals surface area (Å²) < 4.78 is 13.2. The molecule has 4 nitrogen and oxygen atoms in total. The van der Waals surface area contributed by atoms with E-state index < -0.39 is 0 Å². The molecule has 4 rings (SSSR count). The zero-order chi connectivity index (χ0) is 17.9. The van der Waals surface area contributed by atoms with Gasteiger partial charge in [-0.2, -0.15) is 5.10 Å². The van der Waals surface area contributed by atoms with Crippen LogP contribution in [-0.4, -0.2) is 27.5 Å². The Kier molecular flexibility index (Phi) is 4.35. The fourth-order valence-electron chi connectivity index (χ4n) is 3.17. The highest BCUT2D eigenvalue weighted by Gasteiger charge is 2.24. The van der Waals surface area contributed by atoms with E-state index in [2.05, 4.69) is 10.2 Å². The molecule has 1 aromatic heterocycles. The van der Waals surface area contributed by atoms with Crippen molar-refractivity contribution in [3.63, 3.8) is 0 Å². The van der Waals surface area contributed by atoms with Gasteiger partial charge in [-0.05, 0) is 35.9 Å². The van der Waals surface area contributed by atoms with Crippen LogP contribution in [0.15, 0.2) is 60.7 Å². The Morgan fingerprint density at radius 2 is 1.88 bits per heavy atom. The molecule has 0 radical (unpaired) electrons. The van der Waals surface area contributed by atoms with Crippen LogP contribution < -0.4 is 0 Å². The van der Waals surface area contributed by atoms with Crippen LogP contribution in [0.2, 0.25) is 0 Å². The minimum Gasteiger partial charge on any atom is -0.334 e. The van der Waals surface area contributed by atoms with Crippen molar-refractivity contribution >= 4 is 12.0 Å². The van der Waals surface area contributed by atoms with E-state index in [0.717, 1.165) is 34.5 Å². The number of fused-ring (bicyclic) bond motifs is 1. The normalized spacial score (nSPS) is 13.8. The van der Waals surface area contributed by atoms with Gasteiger partial charge >= 0.3 is 0 Å². The van der Waals surface area contributed by atoms with E-state index in [9.17, 15) is 9.18 Å². The van der Waals surface area contributed by atoms with Gasteiger partial charge in [-0.1, -0.05) is 30.3 Å². The fraction of sp³-hybridized carbons (Fsp3) is 0.143. The van der Waals surface area contributed by atoms with Crippen molar-refractivity contribution in [2.24, 2.45) is 0 Å². The number of aromatic nitrogens is 2. The third kappa shape index (κ3) is 3.28. The molecule has 26 heavy (non-hydrogen) atoms. The topological polar surface area (TPSA) is 49.0 Å². The number of nitrogens with zero attached hydrogens (tertiary/aromatic N) is 2. The first-order chi connectivity index (χ1) is 12.7. The number of benzene rings is 2. The average molecular weight is 347 g/mol. The van der Waals surface area contributed by atoms with Crippen LogP contribution in [0.4, 0.5) is 4.39 Å². The molecule has 1 N–H and O–H groups in total. The number of rotatable bonds is 3. The summed E-state index contributed by atoms with van der Waals surface area (Å²) in [4.78, 5) is 14.4. The molecule has 5 heteroatoms. The molecule has 1 amide bonds. The molecule has 0 atom stereocenters. The maximum atomic E-state index is 13.2. The van der Waals surface area contributed by atoms with E-state index in [1.165, 1.54) is 12.1 Å². The second-order valence-corrected chi connectivity index (χ2v) is 6.29. The highest BCUT2D eigenvalue weighted by molar-refractivity contribution is 5.92. The lowest BCUT2D eigenvalue weighted by molar-refractivity contribution is -0.126. The van der Waals surface area contributed by atoms with Crippen LogP contribution in [0.3, 0.4) is 0 Å². The van der Waals surface area contributed by atoms with Gasteiger partial charge in [0.15, 0.2) is 0 Å². The van der Waals surface area contributed by atoms with Crippen molar-refractivity contribution in [2.75, 3.05) is 6.54 Å². The number of carbonyl (C=O) groups is 1.